The Labute approximate surface area is 104 Å². The zero-order chi connectivity index (χ0) is 13.8. The molecular weight excluding hydrogens is 236 g/mol. The van der Waals surface area contributed by atoms with E-state index in [2.05, 4.69) is 10.3 Å². The molecule has 0 aromatic carbocycles. The lowest BCUT2D eigenvalue weighted by Gasteiger charge is -2.20. The summed E-state index contributed by atoms with van der Waals surface area (Å²) in [6, 6.07) is 2.84. The summed E-state index contributed by atoms with van der Waals surface area (Å²) < 4.78 is 4.75. The lowest BCUT2D eigenvalue weighted by Crippen LogP contribution is -2.42. The van der Waals surface area contributed by atoms with Crippen LogP contribution in [-0.4, -0.2) is 29.0 Å². The summed E-state index contributed by atoms with van der Waals surface area (Å²) in [6.45, 7) is 5.03. The number of hydrogen-bond donors (Lipinski definition) is 2. The first-order valence-corrected chi connectivity index (χ1v) is 5.45. The van der Waals surface area contributed by atoms with E-state index in [0.29, 0.717) is 0 Å². The molecule has 98 valence electrons. The Bertz CT molecular complexity index is 499. The first kappa shape index (κ1) is 14.0. The Kier molecular flexibility index (Phi) is 4.25. The molecule has 2 N–H and O–H groups in total. The third-order valence-electron chi connectivity index (χ3n) is 1.89. The van der Waals surface area contributed by atoms with Gasteiger partial charge in [-0.15, -0.1) is 0 Å². The zero-order valence-electron chi connectivity index (χ0n) is 10.6. The van der Waals surface area contributed by atoms with Gasteiger partial charge in [0.2, 0.25) is 0 Å². The molecule has 0 spiro atoms. The molecule has 0 unspecified atom stereocenters. The van der Waals surface area contributed by atoms with Gasteiger partial charge in [0.05, 0.1) is 0 Å². The summed E-state index contributed by atoms with van der Waals surface area (Å²) in [5, 5.41) is 2.64. The van der Waals surface area contributed by atoms with Crippen LogP contribution in [0.1, 0.15) is 31.1 Å². The van der Waals surface area contributed by atoms with E-state index in [1.807, 2.05) is 20.8 Å². The van der Waals surface area contributed by atoms with E-state index in [9.17, 15) is 14.4 Å². The second-order valence-corrected chi connectivity index (χ2v) is 4.79. The van der Waals surface area contributed by atoms with E-state index >= 15 is 0 Å². The minimum atomic E-state index is -0.819. The number of pyridine rings is 1. The maximum Gasteiger partial charge on any atom is 0.344 e. The fourth-order valence-corrected chi connectivity index (χ4v) is 1.25. The first-order valence-electron chi connectivity index (χ1n) is 5.45. The monoisotopic (exact) mass is 252 g/mol. The quantitative estimate of drug-likeness (QED) is 0.764. The lowest BCUT2D eigenvalue weighted by molar-refractivity contribution is -0.125. The van der Waals surface area contributed by atoms with Crippen molar-refractivity contribution in [2.75, 3.05) is 6.61 Å². The molecule has 0 saturated heterocycles. The van der Waals surface area contributed by atoms with Gasteiger partial charge in [0, 0.05) is 11.7 Å². The van der Waals surface area contributed by atoms with Gasteiger partial charge in [-0.25, -0.2) is 4.79 Å². The van der Waals surface area contributed by atoms with Crippen LogP contribution in [0, 0.1) is 0 Å². The van der Waals surface area contributed by atoms with Crippen molar-refractivity contribution in [3.05, 3.63) is 34.2 Å². The van der Waals surface area contributed by atoms with Crippen molar-refractivity contribution in [3.8, 4) is 0 Å². The van der Waals surface area contributed by atoms with Crippen molar-refractivity contribution in [3.63, 3.8) is 0 Å². The van der Waals surface area contributed by atoms with Crippen molar-refractivity contribution in [2.24, 2.45) is 0 Å². The van der Waals surface area contributed by atoms with Crippen LogP contribution in [0.5, 0.6) is 0 Å². The number of carbonyl (C=O) groups excluding carboxylic acids is 2. The Morgan fingerprint density at radius 3 is 2.61 bits per heavy atom. The van der Waals surface area contributed by atoms with Crippen molar-refractivity contribution in [1.29, 1.82) is 0 Å². The normalized spacial score (nSPS) is 10.8. The average Bonchev–Trinajstić information content (AvgIpc) is 2.24. The predicted molar refractivity (Wildman–Crippen MR) is 65.2 cm³/mol. The summed E-state index contributed by atoms with van der Waals surface area (Å²) in [5.74, 6) is -1.23. The fraction of sp³-hybridized carbons (Fsp3) is 0.417. The van der Waals surface area contributed by atoms with Crippen molar-refractivity contribution in [1.82, 2.24) is 10.3 Å². The number of rotatable bonds is 3. The summed E-state index contributed by atoms with van der Waals surface area (Å²) >= 11 is 0. The van der Waals surface area contributed by atoms with Gasteiger partial charge in [0.25, 0.3) is 11.5 Å². The number of ether oxygens (including phenoxy) is 1. The van der Waals surface area contributed by atoms with Crippen LogP contribution >= 0.6 is 0 Å². The fourth-order valence-electron chi connectivity index (χ4n) is 1.25. The molecule has 18 heavy (non-hydrogen) atoms. The largest absolute Gasteiger partial charge is 0.452 e. The van der Waals surface area contributed by atoms with E-state index in [1.165, 1.54) is 18.3 Å². The molecule has 1 amide bonds. The summed E-state index contributed by atoms with van der Waals surface area (Å²) in [4.78, 5) is 36.5. The van der Waals surface area contributed by atoms with Crippen LogP contribution in [0.4, 0.5) is 0 Å². The molecule has 1 aromatic rings. The third kappa shape index (κ3) is 4.40. The molecule has 6 nitrogen and oxygen atoms in total. The zero-order valence-corrected chi connectivity index (χ0v) is 10.6. The minimum absolute atomic E-state index is 0.124. The molecule has 0 aliphatic carbocycles. The Morgan fingerprint density at radius 2 is 2.06 bits per heavy atom. The van der Waals surface area contributed by atoms with Crippen LogP contribution in [0.25, 0.3) is 0 Å². The molecule has 0 atom stereocenters. The summed E-state index contributed by atoms with van der Waals surface area (Å²) in [7, 11) is 0. The predicted octanol–water partition coefficient (Wildman–Crippen LogP) is 0.446. The van der Waals surface area contributed by atoms with Crippen LogP contribution in [0.2, 0.25) is 0 Å². The Balaban J connectivity index is 2.55. The number of carbonyl (C=O) groups is 2. The maximum atomic E-state index is 11.5. The van der Waals surface area contributed by atoms with E-state index in [4.69, 9.17) is 4.74 Å². The molecular formula is C12H16N2O4. The molecule has 1 heterocycles. The second kappa shape index (κ2) is 5.48. The number of aromatic nitrogens is 1. The SMILES string of the molecule is CC(C)(C)NC(=O)COC(=O)c1ccc[nH]c1=O. The number of hydrogen-bond acceptors (Lipinski definition) is 4. The van der Waals surface area contributed by atoms with Gasteiger partial charge in [-0.2, -0.15) is 0 Å². The number of nitrogens with one attached hydrogen (secondary N) is 2. The van der Waals surface area contributed by atoms with Gasteiger partial charge in [0.15, 0.2) is 6.61 Å². The van der Waals surface area contributed by atoms with Crippen LogP contribution in [-0.2, 0) is 9.53 Å². The average molecular weight is 252 g/mol. The van der Waals surface area contributed by atoms with E-state index in [0.717, 1.165) is 0 Å². The molecule has 0 aliphatic rings. The van der Waals surface area contributed by atoms with Crippen LogP contribution in [0.15, 0.2) is 23.1 Å². The highest BCUT2D eigenvalue weighted by atomic mass is 16.5. The maximum absolute atomic E-state index is 11.5. The van der Waals surface area contributed by atoms with Gasteiger partial charge < -0.3 is 15.0 Å². The van der Waals surface area contributed by atoms with E-state index < -0.39 is 29.6 Å². The van der Waals surface area contributed by atoms with E-state index in [1.54, 1.807) is 0 Å². The highest BCUT2D eigenvalue weighted by Crippen LogP contribution is 1.99. The van der Waals surface area contributed by atoms with E-state index in [-0.39, 0.29) is 5.56 Å². The molecule has 1 aromatic heterocycles. The van der Waals surface area contributed by atoms with Crippen molar-refractivity contribution in [2.45, 2.75) is 26.3 Å². The van der Waals surface area contributed by atoms with Crippen molar-refractivity contribution >= 4 is 11.9 Å². The number of aromatic amines is 1. The standard InChI is InChI=1S/C12H16N2O4/c1-12(2,3)14-9(15)7-18-11(17)8-5-4-6-13-10(8)16/h4-6H,7H2,1-3H3,(H,13,16)(H,14,15). The highest BCUT2D eigenvalue weighted by molar-refractivity contribution is 5.90. The first-order chi connectivity index (χ1) is 8.29. The second-order valence-electron chi connectivity index (χ2n) is 4.79. The third-order valence-corrected chi connectivity index (χ3v) is 1.89. The topological polar surface area (TPSA) is 88.3 Å². The molecule has 0 aliphatic heterocycles. The number of esters is 1. The summed E-state index contributed by atoms with van der Waals surface area (Å²) in [5.41, 5.74) is -1.06. The molecule has 0 bridgehead atoms. The van der Waals surface area contributed by atoms with Gasteiger partial charge in [0.1, 0.15) is 5.56 Å². The van der Waals surface area contributed by atoms with Crippen molar-refractivity contribution < 1.29 is 14.3 Å². The van der Waals surface area contributed by atoms with Crippen LogP contribution in [0.3, 0.4) is 0 Å². The van der Waals surface area contributed by atoms with Crippen LogP contribution < -0.4 is 10.9 Å². The molecule has 0 fully saturated rings. The highest BCUT2D eigenvalue weighted by Gasteiger charge is 2.17. The number of amides is 1. The number of H-pyrrole nitrogens is 1. The molecule has 0 radical (unpaired) electrons. The lowest BCUT2D eigenvalue weighted by atomic mass is 10.1. The van der Waals surface area contributed by atoms with Gasteiger partial charge in [-0.05, 0) is 32.9 Å². The smallest absolute Gasteiger partial charge is 0.344 e. The minimum Gasteiger partial charge on any atom is -0.452 e. The van der Waals surface area contributed by atoms with Gasteiger partial charge >= 0.3 is 5.97 Å². The molecule has 6 heteroatoms. The Hall–Kier alpha value is -2.11. The summed E-state index contributed by atoms with van der Waals surface area (Å²) in [6.07, 6.45) is 1.41. The molecule has 0 saturated carbocycles. The Morgan fingerprint density at radius 1 is 1.39 bits per heavy atom. The van der Waals surface area contributed by atoms with Gasteiger partial charge in [-0.1, -0.05) is 0 Å². The van der Waals surface area contributed by atoms with Gasteiger partial charge in [-0.3, -0.25) is 9.59 Å². The molecule has 1 rings (SSSR count).